The third-order valence-electron chi connectivity index (χ3n) is 3.53. The van der Waals surface area contributed by atoms with E-state index in [0.29, 0.717) is 4.90 Å². The summed E-state index contributed by atoms with van der Waals surface area (Å²) < 4.78 is 23.7. The van der Waals surface area contributed by atoms with E-state index in [4.69, 9.17) is 0 Å². The summed E-state index contributed by atoms with van der Waals surface area (Å²) in [7, 11) is -3.14. The van der Waals surface area contributed by atoms with E-state index in [1.54, 1.807) is 6.07 Å². The fraction of sp³-hybridized carbons (Fsp3) is 0.571. The van der Waals surface area contributed by atoms with Crippen LogP contribution in [0.25, 0.3) is 0 Å². The molecule has 1 aliphatic heterocycles. The van der Waals surface area contributed by atoms with Gasteiger partial charge in [0.15, 0.2) is 9.84 Å². The average molecular weight is 282 g/mol. The van der Waals surface area contributed by atoms with E-state index in [9.17, 15) is 8.42 Å². The van der Waals surface area contributed by atoms with Crippen LogP contribution in [-0.2, 0) is 16.3 Å². The molecule has 0 radical (unpaired) electrons. The summed E-state index contributed by atoms with van der Waals surface area (Å²) in [5.74, 6) is 0. The Balaban J connectivity index is 2.11. The van der Waals surface area contributed by atoms with Crippen molar-refractivity contribution in [3.05, 3.63) is 29.3 Å². The topological polar surface area (TPSA) is 49.4 Å². The van der Waals surface area contributed by atoms with Crippen LogP contribution in [0.15, 0.2) is 23.1 Å². The number of rotatable bonds is 4. The Morgan fingerprint density at radius 3 is 2.58 bits per heavy atom. The lowest BCUT2D eigenvalue weighted by molar-refractivity contribution is 0.243. The average Bonchev–Trinajstić information content (AvgIpc) is 2.37. The first kappa shape index (κ1) is 14.5. The maximum atomic E-state index is 11.8. The van der Waals surface area contributed by atoms with Gasteiger partial charge in [0.2, 0.25) is 0 Å². The van der Waals surface area contributed by atoms with Crippen LogP contribution in [0.4, 0.5) is 0 Å². The van der Waals surface area contributed by atoms with Crippen LogP contribution in [-0.4, -0.2) is 52.3 Å². The Hall–Kier alpha value is -0.910. The molecule has 1 aromatic rings. The Kier molecular flexibility index (Phi) is 4.60. The van der Waals surface area contributed by atoms with Crippen LogP contribution in [0.1, 0.15) is 11.1 Å². The number of benzene rings is 1. The highest BCUT2D eigenvalue weighted by Gasteiger charge is 2.15. The van der Waals surface area contributed by atoms with Gasteiger partial charge in [-0.2, -0.15) is 0 Å². The zero-order chi connectivity index (χ0) is 13.9. The van der Waals surface area contributed by atoms with Gasteiger partial charge >= 0.3 is 0 Å². The molecule has 0 unspecified atom stereocenters. The number of hydrogen-bond donors (Lipinski definition) is 1. The van der Waals surface area contributed by atoms with Gasteiger partial charge in [-0.05, 0) is 30.5 Å². The second-order valence-corrected chi connectivity index (χ2v) is 7.21. The highest BCUT2D eigenvalue weighted by molar-refractivity contribution is 7.90. The van der Waals surface area contributed by atoms with E-state index in [1.165, 1.54) is 6.26 Å². The summed E-state index contributed by atoms with van der Waals surface area (Å²) in [6, 6.07) is 5.72. The van der Waals surface area contributed by atoms with Crippen LogP contribution < -0.4 is 5.32 Å². The third-order valence-corrected chi connectivity index (χ3v) is 4.71. The predicted molar refractivity (Wildman–Crippen MR) is 77.3 cm³/mol. The lowest BCUT2D eigenvalue weighted by Crippen LogP contribution is -2.44. The Morgan fingerprint density at radius 1 is 1.26 bits per heavy atom. The molecular formula is C14H22N2O2S. The minimum absolute atomic E-state index is 0.489. The van der Waals surface area contributed by atoms with Crippen molar-refractivity contribution < 1.29 is 8.42 Å². The summed E-state index contributed by atoms with van der Waals surface area (Å²) in [5, 5.41) is 3.32. The highest BCUT2D eigenvalue weighted by Crippen LogP contribution is 2.18. The van der Waals surface area contributed by atoms with E-state index < -0.39 is 9.84 Å². The van der Waals surface area contributed by atoms with Crippen LogP contribution in [0.5, 0.6) is 0 Å². The molecule has 0 amide bonds. The zero-order valence-corrected chi connectivity index (χ0v) is 12.5. The molecule has 1 aromatic carbocycles. The molecule has 0 atom stereocenters. The SMILES string of the molecule is Cc1ccc(CCN2CCNCC2)c(S(C)(=O)=O)c1. The number of nitrogens with one attached hydrogen (secondary N) is 1. The second kappa shape index (κ2) is 6.03. The fourth-order valence-electron chi connectivity index (χ4n) is 2.43. The van der Waals surface area contributed by atoms with Gasteiger partial charge < -0.3 is 10.2 Å². The molecule has 1 saturated heterocycles. The molecule has 4 nitrogen and oxygen atoms in total. The van der Waals surface area contributed by atoms with Crippen molar-refractivity contribution in [2.24, 2.45) is 0 Å². The molecule has 0 bridgehead atoms. The maximum Gasteiger partial charge on any atom is 0.175 e. The molecule has 2 rings (SSSR count). The molecule has 5 heteroatoms. The van der Waals surface area contributed by atoms with E-state index in [2.05, 4.69) is 10.2 Å². The van der Waals surface area contributed by atoms with Gasteiger partial charge in [-0.25, -0.2) is 8.42 Å². The van der Waals surface area contributed by atoms with Crippen molar-refractivity contribution in [3.8, 4) is 0 Å². The van der Waals surface area contributed by atoms with Crippen molar-refractivity contribution in [2.75, 3.05) is 39.0 Å². The standard InChI is InChI=1S/C14H22N2O2S/c1-12-3-4-13(14(11-12)19(2,17)18)5-8-16-9-6-15-7-10-16/h3-4,11,15H,5-10H2,1-2H3. The molecular weight excluding hydrogens is 260 g/mol. The van der Waals surface area contributed by atoms with Crippen LogP contribution in [0.2, 0.25) is 0 Å². The van der Waals surface area contributed by atoms with Crippen molar-refractivity contribution in [3.63, 3.8) is 0 Å². The first-order valence-corrected chi connectivity index (χ1v) is 8.58. The quantitative estimate of drug-likeness (QED) is 0.889. The van der Waals surface area contributed by atoms with Crippen LogP contribution in [0, 0.1) is 6.92 Å². The van der Waals surface area contributed by atoms with Crippen molar-refractivity contribution >= 4 is 9.84 Å². The van der Waals surface area contributed by atoms with Crippen LogP contribution in [0.3, 0.4) is 0 Å². The normalized spacial score (nSPS) is 17.6. The minimum atomic E-state index is -3.14. The Labute approximate surface area is 115 Å². The van der Waals surface area contributed by atoms with Crippen molar-refractivity contribution in [1.82, 2.24) is 10.2 Å². The summed E-state index contributed by atoms with van der Waals surface area (Å²) in [4.78, 5) is 2.87. The van der Waals surface area contributed by atoms with E-state index in [1.807, 2.05) is 19.1 Å². The maximum absolute atomic E-state index is 11.8. The summed E-state index contributed by atoms with van der Waals surface area (Å²) >= 11 is 0. The first-order valence-electron chi connectivity index (χ1n) is 6.69. The number of hydrogen-bond acceptors (Lipinski definition) is 4. The molecule has 1 fully saturated rings. The molecule has 1 N–H and O–H groups in total. The third kappa shape index (κ3) is 4.03. The smallest absolute Gasteiger partial charge is 0.175 e. The highest BCUT2D eigenvalue weighted by atomic mass is 32.2. The van der Waals surface area contributed by atoms with E-state index >= 15 is 0 Å². The Morgan fingerprint density at radius 2 is 1.95 bits per heavy atom. The largest absolute Gasteiger partial charge is 0.314 e. The van der Waals surface area contributed by atoms with E-state index in [0.717, 1.165) is 50.3 Å². The number of piperazine rings is 1. The monoisotopic (exact) mass is 282 g/mol. The number of nitrogens with zero attached hydrogens (tertiary/aromatic N) is 1. The van der Waals surface area contributed by atoms with Crippen molar-refractivity contribution in [2.45, 2.75) is 18.2 Å². The summed E-state index contributed by atoms with van der Waals surface area (Å²) in [6.07, 6.45) is 2.08. The molecule has 0 aromatic heterocycles. The molecule has 0 aliphatic carbocycles. The molecule has 1 aliphatic rings. The van der Waals surface area contributed by atoms with Gasteiger partial charge in [-0.15, -0.1) is 0 Å². The van der Waals surface area contributed by atoms with Crippen LogP contribution >= 0.6 is 0 Å². The molecule has 0 saturated carbocycles. The lowest BCUT2D eigenvalue weighted by atomic mass is 10.1. The van der Waals surface area contributed by atoms with Gasteiger partial charge in [0.1, 0.15) is 0 Å². The predicted octanol–water partition coefficient (Wildman–Crippen LogP) is 0.846. The Bertz CT molecular complexity index is 534. The minimum Gasteiger partial charge on any atom is -0.314 e. The molecule has 0 spiro atoms. The molecule has 106 valence electrons. The molecule has 19 heavy (non-hydrogen) atoms. The fourth-order valence-corrected chi connectivity index (χ4v) is 3.47. The number of sulfone groups is 1. The second-order valence-electron chi connectivity index (χ2n) is 5.22. The van der Waals surface area contributed by atoms with Gasteiger partial charge in [-0.3, -0.25) is 0 Å². The van der Waals surface area contributed by atoms with Gasteiger partial charge in [0.25, 0.3) is 0 Å². The van der Waals surface area contributed by atoms with Gasteiger partial charge in [-0.1, -0.05) is 12.1 Å². The first-order chi connectivity index (χ1) is 8.97. The summed E-state index contributed by atoms with van der Waals surface area (Å²) in [6.45, 7) is 6.97. The van der Waals surface area contributed by atoms with Gasteiger partial charge in [0, 0.05) is 39.0 Å². The molecule has 1 heterocycles. The number of aryl methyl sites for hydroxylation is 1. The lowest BCUT2D eigenvalue weighted by Gasteiger charge is -2.27. The van der Waals surface area contributed by atoms with E-state index in [-0.39, 0.29) is 0 Å². The van der Waals surface area contributed by atoms with Crippen molar-refractivity contribution in [1.29, 1.82) is 0 Å². The van der Waals surface area contributed by atoms with Gasteiger partial charge in [0.05, 0.1) is 4.90 Å². The zero-order valence-electron chi connectivity index (χ0n) is 11.6. The summed E-state index contributed by atoms with van der Waals surface area (Å²) in [5.41, 5.74) is 1.93.